The van der Waals surface area contributed by atoms with Crippen molar-refractivity contribution in [3.8, 4) is 11.3 Å². The molecule has 0 unspecified atom stereocenters. The first-order valence-corrected chi connectivity index (χ1v) is 11.8. The van der Waals surface area contributed by atoms with Gasteiger partial charge in [0.1, 0.15) is 0 Å². The Kier molecular flexibility index (Phi) is 6.23. The Hall–Kier alpha value is -3.26. The summed E-state index contributed by atoms with van der Waals surface area (Å²) in [6.07, 6.45) is 0.534. The summed E-state index contributed by atoms with van der Waals surface area (Å²) in [5, 5.41) is 9.25. The molecule has 1 amide bonds. The van der Waals surface area contributed by atoms with Gasteiger partial charge in [-0.15, -0.1) is 0 Å². The fourth-order valence-electron chi connectivity index (χ4n) is 3.40. The van der Waals surface area contributed by atoms with Crippen LogP contribution in [-0.2, 0) is 16.4 Å². The van der Waals surface area contributed by atoms with E-state index in [0.29, 0.717) is 40.1 Å². The second kappa shape index (κ2) is 9.08. The van der Waals surface area contributed by atoms with Crippen molar-refractivity contribution in [1.29, 1.82) is 0 Å². The zero-order valence-electron chi connectivity index (χ0n) is 17.0. The number of pyridine rings is 1. The van der Waals surface area contributed by atoms with Crippen LogP contribution in [0.25, 0.3) is 22.2 Å². The fourth-order valence-corrected chi connectivity index (χ4v) is 4.09. The molecule has 4 aromatic rings. The Morgan fingerprint density at radius 1 is 0.969 bits per heavy atom. The maximum atomic E-state index is 13.1. The van der Waals surface area contributed by atoms with Crippen LogP contribution >= 0.6 is 11.6 Å². The van der Waals surface area contributed by atoms with Crippen molar-refractivity contribution < 1.29 is 13.2 Å². The normalized spacial score (nSPS) is 11.4. The SMILES string of the molecule is NS(=O)(=O)c1ccc(CCNC(=O)c2cc(-c3ccccc3)nc3ccc(Cl)cc23)cc1. The van der Waals surface area contributed by atoms with Gasteiger partial charge in [-0.25, -0.2) is 18.5 Å². The van der Waals surface area contributed by atoms with Crippen LogP contribution < -0.4 is 10.5 Å². The molecule has 0 bridgehead atoms. The third-order valence-corrected chi connectivity index (χ3v) is 6.20. The highest BCUT2D eigenvalue weighted by Crippen LogP contribution is 2.27. The number of carbonyl (C=O) groups is 1. The third-order valence-electron chi connectivity index (χ3n) is 5.04. The number of sulfonamides is 1. The number of fused-ring (bicyclic) bond motifs is 1. The van der Waals surface area contributed by atoms with Gasteiger partial charge in [0.2, 0.25) is 10.0 Å². The lowest BCUT2D eigenvalue weighted by Crippen LogP contribution is -2.26. The Bertz CT molecular complexity index is 1390. The van der Waals surface area contributed by atoms with Gasteiger partial charge in [0.15, 0.2) is 0 Å². The lowest BCUT2D eigenvalue weighted by molar-refractivity contribution is 0.0955. The molecule has 1 heterocycles. The van der Waals surface area contributed by atoms with E-state index in [1.807, 2.05) is 30.3 Å². The van der Waals surface area contributed by atoms with Gasteiger partial charge in [-0.2, -0.15) is 0 Å². The molecule has 4 rings (SSSR count). The molecular weight excluding hydrogens is 446 g/mol. The van der Waals surface area contributed by atoms with E-state index < -0.39 is 10.0 Å². The van der Waals surface area contributed by atoms with E-state index in [-0.39, 0.29) is 10.8 Å². The molecule has 3 aromatic carbocycles. The first-order valence-electron chi connectivity index (χ1n) is 9.87. The monoisotopic (exact) mass is 465 g/mol. The van der Waals surface area contributed by atoms with Crippen molar-refractivity contribution in [2.45, 2.75) is 11.3 Å². The smallest absolute Gasteiger partial charge is 0.252 e. The summed E-state index contributed by atoms with van der Waals surface area (Å²) in [6, 6.07) is 23.0. The summed E-state index contributed by atoms with van der Waals surface area (Å²) >= 11 is 6.17. The van der Waals surface area contributed by atoms with Crippen molar-refractivity contribution >= 4 is 38.4 Å². The second-order valence-corrected chi connectivity index (χ2v) is 9.28. The number of amides is 1. The van der Waals surface area contributed by atoms with Gasteiger partial charge in [-0.05, 0) is 48.4 Å². The molecule has 0 saturated heterocycles. The number of hydrogen-bond donors (Lipinski definition) is 2. The van der Waals surface area contributed by atoms with Crippen LogP contribution in [0.15, 0.2) is 83.8 Å². The number of rotatable bonds is 6. The molecule has 0 aliphatic carbocycles. The van der Waals surface area contributed by atoms with Crippen LogP contribution in [0.2, 0.25) is 5.02 Å². The molecule has 162 valence electrons. The Labute approximate surface area is 191 Å². The summed E-state index contributed by atoms with van der Waals surface area (Å²) in [6.45, 7) is 0.374. The fraction of sp³-hybridized carbons (Fsp3) is 0.0833. The maximum Gasteiger partial charge on any atom is 0.252 e. The highest BCUT2D eigenvalue weighted by atomic mass is 35.5. The average molecular weight is 466 g/mol. The van der Waals surface area contributed by atoms with E-state index in [1.165, 1.54) is 12.1 Å². The molecule has 0 aliphatic heterocycles. The minimum Gasteiger partial charge on any atom is -0.352 e. The van der Waals surface area contributed by atoms with E-state index in [9.17, 15) is 13.2 Å². The number of carbonyl (C=O) groups excluding carboxylic acids is 1. The first kappa shape index (κ1) is 22.0. The van der Waals surface area contributed by atoms with Gasteiger partial charge in [0, 0.05) is 22.5 Å². The van der Waals surface area contributed by atoms with Crippen molar-refractivity contribution in [2.24, 2.45) is 5.14 Å². The summed E-state index contributed by atoms with van der Waals surface area (Å²) in [5.74, 6) is -0.238. The molecule has 0 aliphatic rings. The van der Waals surface area contributed by atoms with E-state index in [2.05, 4.69) is 10.3 Å². The van der Waals surface area contributed by atoms with E-state index in [1.54, 1.807) is 36.4 Å². The van der Waals surface area contributed by atoms with E-state index >= 15 is 0 Å². The molecule has 0 atom stereocenters. The standard InChI is InChI=1S/C24H20ClN3O3S/c25-18-8-11-22-20(14-18)21(15-23(28-22)17-4-2-1-3-5-17)24(29)27-13-12-16-6-9-19(10-7-16)32(26,30)31/h1-11,14-15H,12-13H2,(H,27,29)(H2,26,30,31). The number of aromatic nitrogens is 1. The van der Waals surface area contributed by atoms with Crippen molar-refractivity contribution in [3.05, 3.63) is 95.0 Å². The summed E-state index contributed by atoms with van der Waals surface area (Å²) in [7, 11) is -3.73. The molecule has 6 nitrogen and oxygen atoms in total. The zero-order valence-corrected chi connectivity index (χ0v) is 18.5. The van der Waals surface area contributed by atoms with Gasteiger partial charge in [0.05, 0.1) is 21.7 Å². The van der Waals surface area contributed by atoms with Crippen LogP contribution in [0.1, 0.15) is 15.9 Å². The van der Waals surface area contributed by atoms with Gasteiger partial charge in [-0.3, -0.25) is 4.79 Å². The molecule has 8 heteroatoms. The average Bonchev–Trinajstić information content (AvgIpc) is 2.78. The predicted octanol–water partition coefficient (Wildman–Crippen LogP) is 4.18. The van der Waals surface area contributed by atoms with Crippen molar-refractivity contribution in [1.82, 2.24) is 10.3 Å². The summed E-state index contributed by atoms with van der Waals surface area (Å²) < 4.78 is 22.7. The van der Waals surface area contributed by atoms with Crippen LogP contribution in [0, 0.1) is 0 Å². The number of nitrogens with zero attached hydrogens (tertiary/aromatic N) is 1. The molecule has 0 spiro atoms. The molecule has 3 N–H and O–H groups in total. The number of benzene rings is 3. The Morgan fingerprint density at radius 3 is 2.38 bits per heavy atom. The predicted molar refractivity (Wildman–Crippen MR) is 126 cm³/mol. The molecule has 32 heavy (non-hydrogen) atoms. The van der Waals surface area contributed by atoms with Gasteiger partial charge >= 0.3 is 0 Å². The Balaban J connectivity index is 1.56. The van der Waals surface area contributed by atoms with Gasteiger partial charge in [0.25, 0.3) is 5.91 Å². The topological polar surface area (TPSA) is 102 Å². The highest BCUT2D eigenvalue weighted by molar-refractivity contribution is 7.89. The second-order valence-electron chi connectivity index (χ2n) is 7.28. The quantitative estimate of drug-likeness (QED) is 0.446. The minimum absolute atomic E-state index is 0.0545. The zero-order chi connectivity index (χ0) is 22.7. The van der Waals surface area contributed by atoms with E-state index in [4.69, 9.17) is 16.7 Å². The van der Waals surface area contributed by atoms with Crippen molar-refractivity contribution in [2.75, 3.05) is 6.54 Å². The van der Waals surface area contributed by atoms with Crippen LogP contribution in [0.3, 0.4) is 0 Å². The lowest BCUT2D eigenvalue weighted by Gasteiger charge is -2.11. The maximum absolute atomic E-state index is 13.1. The number of hydrogen-bond acceptors (Lipinski definition) is 4. The summed E-state index contributed by atoms with van der Waals surface area (Å²) in [4.78, 5) is 17.8. The van der Waals surface area contributed by atoms with Crippen LogP contribution in [0.5, 0.6) is 0 Å². The molecule has 0 radical (unpaired) electrons. The van der Waals surface area contributed by atoms with Gasteiger partial charge < -0.3 is 5.32 Å². The van der Waals surface area contributed by atoms with Crippen LogP contribution in [0.4, 0.5) is 0 Å². The third kappa shape index (κ3) is 4.96. The van der Waals surface area contributed by atoms with Crippen LogP contribution in [-0.4, -0.2) is 25.9 Å². The number of primary sulfonamides is 1. The van der Waals surface area contributed by atoms with Gasteiger partial charge in [-0.1, -0.05) is 54.1 Å². The molecule has 1 aromatic heterocycles. The largest absolute Gasteiger partial charge is 0.352 e. The minimum atomic E-state index is -3.73. The number of nitrogens with two attached hydrogens (primary N) is 1. The van der Waals surface area contributed by atoms with Crippen molar-refractivity contribution in [3.63, 3.8) is 0 Å². The molecule has 0 fully saturated rings. The Morgan fingerprint density at radius 2 is 1.69 bits per heavy atom. The molecular formula is C24H20ClN3O3S. The molecule has 0 saturated carbocycles. The van der Waals surface area contributed by atoms with E-state index in [0.717, 1.165) is 11.1 Å². The first-order chi connectivity index (χ1) is 15.3. The number of nitrogens with one attached hydrogen (secondary N) is 1. The highest BCUT2D eigenvalue weighted by Gasteiger charge is 2.14. The summed E-state index contributed by atoms with van der Waals surface area (Å²) in [5.41, 5.74) is 3.66. The number of halogens is 1. The lowest BCUT2D eigenvalue weighted by atomic mass is 10.0.